The summed E-state index contributed by atoms with van der Waals surface area (Å²) < 4.78 is 99.5. The van der Waals surface area contributed by atoms with Gasteiger partial charge in [-0.05, 0) is 79.9 Å². The third kappa shape index (κ3) is 8.37. The maximum Gasteiger partial charge on any atom is 0.268 e. The second kappa shape index (κ2) is 18.4. The molecule has 3 aromatic heterocycles. The molecule has 0 bridgehead atoms. The van der Waals surface area contributed by atoms with Gasteiger partial charge in [0, 0.05) is 49.8 Å². The van der Waals surface area contributed by atoms with Crippen LogP contribution in [-0.4, -0.2) is 14.1 Å². The summed E-state index contributed by atoms with van der Waals surface area (Å²) in [5.74, 6) is 1.95. The van der Waals surface area contributed by atoms with Crippen LogP contribution in [-0.2, 0) is 32.9 Å². The van der Waals surface area contributed by atoms with E-state index >= 15 is 0 Å². The molecule has 0 N–H and O–H groups in total. The summed E-state index contributed by atoms with van der Waals surface area (Å²) in [7, 11) is 0. The molecule has 11 aromatic rings. The van der Waals surface area contributed by atoms with Gasteiger partial charge in [0.15, 0.2) is 0 Å². The molecule has 11 rings (SSSR count). The number of benzene rings is 8. The van der Waals surface area contributed by atoms with Gasteiger partial charge in [0.25, 0.3) is 6.33 Å². The zero-order valence-electron chi connectivity index (χ0n) is 48.0. The van der Waals surface area contributed by atoms with Crippen LogP contribution in [0.1, 0.15) is 59.5 Å². The number of hydrogen-bond donors (Lipinski definition) is 0. The number of pyridine rings is 1. The molecule has 0 amide bonds. The fourth-order valence-electron chi connectivity index (χ4n) is 8.89. The molecule has 5 nitrogen and oxygen atoms in total. The number of hydrogen-bond acceptors (Lipinski definition) is 2. The number of imidazole rings is 1. The third-order valence-electron chi connectivity index (χ3n) is 12.0. The van der Waals surface area contributed by atoms with Gasteiger partial charge >= 0.3 is 0 Å². The van der Waals surface area contributed by atoms with E-state index in [2.05, 4.69) is 100 Å². The van der Waals surface area contributed by atoms with Gasteiger partial charge in [-0.2, -0.15) is 18.2 Å². The molecule has 0 spiro atoms. The number of ether oxygens (including phenoxy) is 1. The van der Waals surface area contributed by atoms with E-state index in [1.165, 1.54) is 11.1 Å². The molecule has 0 saturated heterocycles. The maximum atomic E-state index is 9.05. The molecular formula is C62H50N4OPt-2. The first kappa shape index (κ1) is 34.0. The molecule has 0 saturated carbocycles. The van der Waals surface area contributed by atoms with E-state index in [-0.39, 0.29) is 54.4 Å². The van der Waals surface area contributed by atoms with Crippen LogP contribution in [0.3, 0.4) is 0 Å². The van der Waals surface area contributed by atoms with Crippen LogP contribution in [0.4, 0.5) is 0 Å². The summed E-state index contributed by atoms with van der Waals surface area (Å²) in [5, 5.41) is 2.05. The Bertz CT molecular complexity index is 4060. The van der Waals surface area contributed by atoms with Gasteiger partial charge < -0.3 is 13.9 Å². The van der Waals surface area contributed by atoms with Gasteiger partial charge in [-0.15, -0.1) is 29.7 Å². The maximum absolute atomic E-state index is 9.05. The van der Waals surface area contributed by atoms with Crippen molar-refractivity contribution in [1.82, 2.24) is 14.1 Å². The van der Waals surface area contributed by atoms with Crippen molar-refractivity contribution in [3.63, 3.8) is 0 Å². The van der Waals surface area contributed by atoms with E-state index in [9.17, 15) is 0 Å². The van der Waals surface area contributed by atoms with E-state index in [1.54, 1.807) is 33.4 Å². The van der Waals surface area contributed by atoms with E-state index in [0.717, 1.165) is 45.2 Å². The van der Waals surface area contributed by atoms with Crippen molar-refractivity contribution in [2.24, 2.45) is 5.92 Å². The minimum absolute atomic E-state index is 0. The quantitative estimate of drug-likeness (QED) is 0.101. The Labute approximate surface area is 427 Å². The minimum atomic E-state index is -0.573. The molecule has 8 aromatic carbocycles. The van der Waals surface area contributed by atoms with Crippen LogP contribution in [0.15, 0.2) is 194 Å². The summed E-state index contributed by atoms with van der Waals surface area (Å²) in [6.07, 6.45) is 6.25. The second-order valence-electron chi connectivity index (χ2n) is 18.0. The van der Waals surface area contributed by atoms with E-state index < -0.39 is 60.4 Å². The number of aromatic nitrogens is 4. The SMILES string of the molecule is [2H]c1c([2H])c([2H])c(-c2cccc(-c3c([2H])c([2H])c([2H])c([2H])c3[2H])c2-[n+]2[c-]n(-c3[c-]c(Oc4[c-]c5c(cc4)c4cc(C(C)(C)C)ccc4n5-c4cc(CC(C)C)c(-c5ccccc5)cn4)ccc3)c3ccccc32)c([2H])c1[2H].[Pt]. The van der Waals surface area contributed by atoms with Crippen LogP contribution < -0.4 is 9.30 Å². The Morgan fingerprint density at radius 3 is 2.03 bits per heavy atom. The first-order valence-electron chi connectivity index (χ1n) is 27.3. The molecule has 0 fully saturated rings. The normalized spacial score (nSPS) is 13.7. The molecule has 0 aliphatic rings. The van der Waals surface area contributed by atoms with Crippen molar-refractivity contribution >= 4 is 32.8 Å². The molecule has 336 valence electrons. The van der Waals surface area contributed by atoms with Crippen molar-refractivity contribution in [3.8, 4) is 62.1 Å². The number of para-hydroxylation sites is 3. The Kier molecular flexibility index (Phi) is 9.21. The van der Waals surface area contributed by atoms with Gasteiger partial charge in [0.2, 0.25) is 0 Å². The largest absolute Gasteiger partial charge is 0.510 e. The summed E-state index contributed by atoms with van der Waals surface area (Å²) in [6, 6.07) is 42.4. The van der Waals surface area contributed by atoms with Gasteiger partial charge in [-0.1, -0.05) is 185 Å². The van der Waals surface area contributed by atoms with Gasteiger partial charge in [0.1, 0.15) is 5.82 Å². The molecule has 3 heterocycles. The Balaban J connectivity index is 0.00000688. The van der Waals surface area contributed by atoms with Crippen molar-refractivity contribution in [2.45, 2.75) is 46.5 Å². The number of rotatable bonds is 10. The summed E-state index contributed by atoms with van der Waals surface area (Å²) in [5.41, 5.74) is 8.07. The van der Waals surface area contributed by atoms with E-state index in [4.69, 9.17) is 23.4 Å². The molecule has 0 radical (unpaired) electrons. The molecular weight excluding hydrogens is 1010 g/mol. The Hall–Kier alpha value is -7.33. The van der Waals surface area contributed by atoms with Crippen LogP contribution in [0.5, 0.6) is 11.5 Å². The van der Waals surface area contributed by atoms with Crippen molar-refractivity contribution in [3.05, 3.63) is 224 Å². The summed E-state index contributed by atoms with van der Waals surface area (Å²) in [6.45, 7) is 11.1. The van der Waals surface area contributed by atoms with Crippen LogP contribution >= 0.6 is 0 Å². The van der Waals surface area contributed by atoms with Crippen molar-refractivity contribution in [1.29, 1.82) is 0 Å². The zero-order chi connectivity index (χ0) is 54.4. The van der Waals surface area contributed by atoms with Crippen LogP contribution in [0.25, 0.3) is 83.4 Å². The fraction of sp³-hybridized carbons (Fsp3) is 0.129. The molecule has 0 unspecified atom stereocenters. The van der Waals surface area contributed by atoms with E-state index in [0.29, 0.717) is 34.1 Å². The summed E-state index contributed by atoms with van der Waals surface area (Å²) >= 11 is 0. The first-order valence-corrected chi connectivity index (χ1v) is 22.3. The van der Waals surface area contributed by atoms with Crippen molar-refractivity contribution in [2.75, 3.05) is 0 Å². The van der Waals surface area contributed by atoms with Crippen molar-refractivity contribution < 1.29 is 44.1 Å². The average molecular weight is 1070 g/mol. The molecule has 0 aliphatic heterocycles. The van der Waals surface area contributed by atoms with E-state index in [1.807, 2.05) is 66.9 Å². The number of nitrogens with zero attached hydrogens (tertiary/aromatic N) is 4. The molecule has 68 heavy (non-hydrogen) atoms. The Morgan fingerprint density at radius 1 is 0.647 bits per heavy atom. The predicted molar refractivity (Wildman–Crippen MR) is 274 cm³/mol. The molecule has 0 aliphatic carbocycles. The smallest absolute Gasteiger partial charge is 0.268 e. The number of fused-ring (bicyclic) bond motifs is 4. The minimum Gasteiger partial charge on any atom is -0.510 e. The summed E-state index contributed by atoms with van der Waals surface area (Å²) in [4.78, 5) is 5.13. The fourth-order valence-corrected chi connectivity index (χ4v) is 8.89. The van der Waals surface area contributed by atoms with Crippen LogP contribution in [0.2, 0.25) is 0 Å². The second-order valence-corrected chi connectivity index (χ2v) is 18.0. The average Bonchev–Trinajstić information content (AvgIpc) is 4.00. The molecule has 6 heteroatoms. The predicted octanol–water partition coefficient (Wildman–Crippen LogP) is 15.1. The third-order valence-corrected chi connectivity index (χ3v) is 12.0. The Morgan fingerprint density at radius 2 is 1.32 bits per heavy atom. The monoisotopic (exact) mass is 1070 g/mol. The van der Waals surface area contributed by atoms with Gasteiger partial charge in [0.05, 0.1) is 30.4 Å². The van der Waals surface area contributed by atoms with Crippen LogP contribution in [0, 0.1) is 24.4 Å². The van der Waals surface area contributed by atoms with Gasteiger partial charge in [-0.3, -0.25) is 4.57 Å². The molecule has 0 atom stereocenters. The topological polar surface area (TPSA) is 35.9 Å². The zero-order valence-corrected chi connectivity index (χ0v) is 40.3. The standard InChI is InChI=1S/C62H50N4O.Pt/c1-42(2)35-46-36-60(63-40-55(46)45-23-13-8-14-24-45)66-56-34-31-47(62(3,4)5)37-54(56)53-33-32-50(39-59(53)66)67-49-26-17-25-48(38-49)64-41-65(58-30-16-15-29-57(58)64)61-51(43-19-9-6-10-20-43)27-18-28-52(61)44-21-11-7-12-22-44;/h6-34,36-37,40,42H,35H2,1-5H3;/q-2;/i6D,7D,9D,10D,11D,12D,19D,20D,21D,22D;. The van der Waals surface area contributed by atoms with Gasteiger partial charge in [-0.25, -0.2) is 4.98 Å². The first-order chi connectivity index (χ1) is 36.8.